The van der Waals surface area contributed by atoms with Crippen LogP contribution in [-0.2, 0) is 16.4 Å². The highest BCUT2D eigenvalue weighted by molar-refractivity contribution is 7.89. The van der Waals surface area contributed by atoms with E-state index in [1.165, 1.54) is 11.2 Å². The van der Waals surface area contributed by atoms with Crippen LogP contribution in [0.5, 0.6) is 0 Å². The minimum atomic E-state index is -3.60. The summed E-state index contributed by atoms with van der Waals surface area (Å²) in [7, 11) is -3.60. The number of hydrogen-bond donors (Lipinski definition) is 1. The molecule has 0 aliphatic carbocycles. The molecule has 31 heavy (non-hydrogen) atoms. The van der Waals surface area contributed by atoms with Gasteiger partial charge in [-0.1, -0.05) is 19.4 Å². The summed E-state index contributed by atoms with van der Waals surface area (Å²) in [5.41, 5.74) is 4.50. The lowest BCUT2D eigenvalue weighted by Gasteiger charge is -2.34. The second-order valence-corrected chi connectivity index (χ2v) is 10.2. The van der Waals surface area contributed by atoms with Crippen LogP contribution in [0.2, 0.25) is 0 Å². The number of ketones is 1. The normalized spacial score (nSPS) is 15.3. The maximum Gasteiger partial charge on any atom is 0.270 e. The van der Waals surface area contributed by atoms with Gasteiger partial charge in [0, 0.05) is 37.4 Å². The van der Waals surface area contributed by atoms with Crippen LogP contribution in [0.3, 0.4) is 0 Å². The van der Waals surface area contributed by atoms with Crippen LogP contribution in [0.25, 0.3) is 0 Å². The molecule has 1 aromatic heterocycles. The van der Waals surface area contributed by atoms with E-state index in [0.29, 0.717) is 36.5 Å². The molecule has 3 rings (SSSR count). The van der Waals surface area contributed by atoms with Gasteiger partial charge in [-0.25, -0.2) is 8.42 Å². The second kappa shape index (κ2) is 8.96. The van der Waals surface area contributed by atoms with Gasteiger partial charge < -0.3 is 9.88 Å². The van der Waals surface area contributed by atoms with Crippen molar-refractivity contribution in [2.24, 2.45) is 0 Å². The van der Waals surface area contributed by atoms with Crippen LogP contribution < -0.4 is 0 Å². The lowest BCUT2D eigenvalue weighted by molar-refractivity contribution is 0.0691. The molecule has 2 aromatic rings. The van der Waals surface area contributed by atoms with E-state index in [1.807, 2.05) is 26.8 Å². The van der Waals surface area contributed by atoms with Gasteiger partial charge in [-0.05, 0) is 62.9 Å². The summed E-state index contributed by atoms with van der Waals surface area (Å²) < 4.78 is 27.5. The molecule has 0 saturated carbocycles. The van der Waals surface area contributed by atoms with Crippen molar-refractivity contribution in [3.63, 3.8) is 0 Å². The zero-order chi connectivity index (χ0) is 22.9. The first-order valence-corrected chi connectivity index (χ1v) is 12.1. The third kappa shape index (κ3) is 4.45. The average molecular weight is 446 g/mol. The molecule has 0 atom stereocenters. The number of aromatic nitrogens is 1. The first kappa shape index (κ1) is 23.2. The van der Waals surface area contributed by atoms with Gasteiger partial charge in [0.2, 0.25) is 10.0 Å². The highest BCUT2D eigenvalue weighted by atomic mass is 32.2. The van der Waals surface area contributed by atoms with Crippen molar-refractivity contribution in [3.05, 3.63) is 51.8 Å². The van der Waals surface area contributed by atoms with Gasteiger partial charge in [-0.3, -0.25) is 9.59 Å². The Morgan fingerprint density at radius 2 is 1.68 bits per heavy atom. The highest BCUT2D eigenvalue weighted by Gasteiger charge is 2.32. The third-order valence-corrected chi connectivity index (χ3v) is 7.89. The summed E-state index contributed by atoms with van der Waals surface area (Å²) in [6, 6.07) is 5.15. The number of carbonyl (C=O) groups excluding carboxylic acids is 2. The van der Waals surface area contributed by atoms with Crippen LogP contribution in [-0.4, -0.2) is 60.5 Å². The van der Waals surface area contributed by atoms with Gasteiger partial charge in [-0.2, -0.15) is 4.31 Å². The van der Waals surface area contributed by atoms with Crippen molar-refractivity contribution >= 4 is 21.7 Å². The monoisotopic (exact) mass is 445 g/mol. The van der Waals surface area contributed by atoms with Crippen molar-refractivity contribution in [2.75, 3.05) is 26.2 Å². The van der Waals surface area contributed by atoms with Gasteiger partial charge in [0.1, 0.15) is 5.69 Å². The van der Waals surface area contributed by atoms with Gasteiger partial charge in [0.05, 0.1) is 4.90 Å². The number of nitrogens with one attached hydrogen (secondary N) is 1. The molecule has 1 aliphatic rings. The number of H-pyrrole nitrogens is 1. The quantitative estimate of drug-likeness (QED) is 0.691. The molecule has 1 saturated heterocycles. The van der Waals surface area contributed by atoms with Crippen molar-refractivity contribution < 1.29 is 18.0 Å². The Labute approximate surface area is 184 Å². The second-order valence-electron chi connectivity index (χ2n) is 8.23. The SMILES string of the molecule is CCCc1c(C(=O)N2CCN(S(=O)(=O)c3ccc(C)c(C)c3)CC2)[nH]c(C)c1C(C)=O. The number of Topliss-reactive ketones (excluding diaryl/α,β-unsaturated/α-hetero) is 1. The summed E-state index contributed by atoms with van der Waals surface area (Å²) in [5.74, 6) is -0.233. The van der Waals surface area contributed by atoms with E-state index in [4.69, 9.17) is 0 Å². The van der Waals surface area contributed by atoms with E-state index in [9.17, 15) is 18.0 Å². The van der Waals surface area contributed by atoms with Crippen LogP contribution >= 0.6 is 0 Å². The van der Waals surface area contributed by atoms with Gasteiger partial charge in [-0.15, -0.1) is 0 Å². The molecule has 0 unspecified atom stereocenters. The van der Waals surface area contributed by atoms with Crippen LogP contribution in [0.15, 0.2) is 23.1 Å². The molecular formula is C23H31N3O4S. The van der Waals surface area contributed by atoms with Gasteiger partial charge in [0.25, 0.3) is 5.91 Å². The minimum absolute atomic E-state index is 0.0550. The molecule has 2 heterocycles. The molecule has 0 bridgehead atoms. The maximum atomic E-state index is 13.2. The summed E-state index contributed by atoms with van der Waals surface area (Å²) in [4.78, 5) is 30.4. The number of piperazine rings is 1. The molecule has 1 aliphatic heterocycles. The highest BCUT2D eigenvalue weighted by Crippen LogP contribution is 2.25. The van der Waals surface area contributed by atoms with Crippen molar-refractivity contribution in [3.8, 4) is 0 Å². The fourth-order valence-electron chi connectivity index (χ4n) is 4.15. The molecule has 0 spiro atoms. The first-order valence-electron chi connectivity index (χ1n) is 10.7. The standard InChI is InChI=1S/C23H31N3O4S/c1-6-7-20-21(18(5)27)17(4)24-22(20)23(28)25-10-12-26(13-11-25)31(29,30)19-9-8-15(2)16(3)14-19/h8-9,14,24H,6-7,10-13H2,1-5H3. The number of rotatable bonds is 6. The smallest absolute Gasteiger partial charge is 0.270 e. The maximum absolute atomic E-state index is 13.2. The topological polar surface area (TPSA) is 90.6 Å². The lowest BCUT2D eigenvalue weighted by atomic mass is 10.0. The Kier molecular flexibility index (Phi) is 6.71. The number of carbonyl (C=O) groups is 2. The number of nitrogens with zero attached hydrogens (tertiary/aromatic N) is 2. The Balaban J connectivity index is 1.78. The summed E-state index contributed by atoms with van der Waals surface area (Å²) in [6.45, 7) is 10.3. The molecular weight excluding hydrogens is 414 g/mol. The fourth-order valence-corrected chi connectivity index (χ4v) is 5.66. The first-order chi connectivity index (χ1) is 14.6. The molecule has 1 amide bonds. The number of aromatic amines is 1. The molecule has 7 nitrogen and oxygen atoms in total. The molecule has 168 valence electrons. The van der Waals surface area contributed by atoms with Crippen LogP contribution in [0.4, 0.5) is 0 Å². The van der Waals surface area contributed by atoms with E-state index in [2.05, 4.69) is 4.98 Å². The van der Waals surface area contributed by atoms with E-state index in [-0.39, 0.29) is 29.7 Å². The molecule has 1 fully saturated rings. The number of hydrogen-bond acceptors (Lipinski definition) is 4. The van der Waals surface area contributed by atoms with Gasteiger partial charge in [0.15, 0.2) is 5.78 Å². The number of aryl methyl sites for hydroxylation is 3. The van der Waals surface area contributed by atoms with Crippen molar-refractivity contribution in [1.82, 2.24) is 14.2 Å². The van der Waals surface area contributed by atoms with E-state index in [0.717, 1.165) is 23.1 Å². The van der Waals surface area contributed by atoms with Crippen molar-refractivity contribution in [2.45, 2.75) is 52.4 Å². The van der Waals surface area contributed by atoms with E-state index < -0.39 is 10.0 Å². The van der Waals surface area contributed by atoms with Gasteiger partial charge >= 0.3 is 0 Å². The van der Waals surface area contributed by atoms with Crippen LogP contribution in [0.1, 0.15) is 63.5 Å². The summed E-state index contributed by atoms with van der Waals surface area (Å²) in [6.07, 6.45) is 1.46. The van der Waals surface area contributed by atoms with Crippen LogP contribution in [0, 0.1) is 20.8 Å². The van der Waals surface area contributed by atoms with Crippen molar-refractivity contribution in [1.29, 1.82) is 0 Å². The largest absolute Gasteiger partial charge is 0.354 e. The Morgan fingerprint density at radius 3 is 2.23 bits per heavy atom. The Morgan fingerprint density at radius 1 is 1.03 bits per heavy atom. The molecule has 1 N–H and O–H groups in total. The fraction of sp³-hybridized carbons (Fsp3) is 0.478. The predicted octanol–water partition coefficient (Wildman–Crippen LogP) is 3.24. The molecule has 1 aromatic carbocycles. The number of amides is 1. The predicted molar refractivity (Wildman–Crippen MR) is 120 cm³/mol. The molecule has 0 radical (unpaired) electrons. The number of sulfonamides is 1. The number of benzene rings is 1. The minimum Gasteiger partial charge on any atom is -0.354 e. The summed E-state index contributed by atoms with van der Waals surface area (Å²) in [5, 5.41) is 0. The zero-order valence-electron chi connectivity index (χ0n) is 18.9. The lowest BCUT2D eigenvalue weighted by Crippen LogP contribution is -2.50. The Bertz CT molecular complexity index is 1110. The summed E-state index contributed by atoms with van der Waals surface area (Å²) >= 11 is 0. The molecule has 8 heteroatoms. The Hall–Kier alpha value is -2.45. The average Bonchev–Trinajstić information content (AvgIpc) is 3.06. The third-order valence-electron chi connectivity index (χ3n) is 6.00. The zero-order valence-corrected chi connectivity index (χ0v) is 19.7. The van der Waals surface area contributed by atoms with E-state index >= 15 is 0 Å². The van der Waals surface area contributed by atoms with E-state index in [1.54, 1.807) is 24.0 Å².